The lowest BCUT2D eigenvalue weighted by Crippen LogP contribution is -2.53. The fraction of sp³-hybridized carbons (Fsp3) is 0.364. The molecule has 0 saturated carbocycles. The number of carboxylic acids is 1. The van der Waals surface area contributed by atoms with Gasteiger partial charge in [-0.2, -0.15) is 13.2 Å². The third-order valence-corrected chi connectivity index (χ3v) is 2.82. The SMILES string of the molecule is O=C(O)C1(NCC(F)(F)F)COc2cc(O)ccc21. The average Bonchev–Trinajstić information content (AvgIpc) is 2.64. The summed E-state index contributed by atoms with van der Waals surface area (Å²) in [6.07, 6.45) is -4.54. The quantitative estimate of drug-likeness (QED) is 0.774. The summed E-state index contributed by atoms with van der Waals surface area (Å²) < 4.78 is 41.8. The second-order valence-electron chi connectivity index (χ2n) is 4.15. The monoisotopic (exact) mass is 277 g/mol. The zero-order valence-electron chi connectivity index (χ0n) is 9.49. The van der Waals surface area contributed by atoms with E-state index >= 15 is 0 Å². The standard InChI is InChI=1S/C11H10F3NO4/c12-11(13,14)4-15-10(9(17)18)5-19-8-3-6(16)1-2-7(8)10/h1-3,15-16H,4-5H2,(H,17,18). The molecule has 0 aromatic heterocycles. The molecule has 0 bridgehead atoms. The van der Waals surface area contributed by atoms with E-state index in [1.807, 2.05) is 5.32 Å². The molecule has 0 amide bonds. The van der Waals surface area contributed by atoms with Crippen LogP contribution >= 0.6 is 0 Å². The maximum absolute atomic E-state index is 12.2. The number of nitrogens with one attached hydrogen (secondary N) is 1. The summed E-state index contributed by atoms with van der Waals surface area (Å²) in [5, 5.41) is 20.4. The van der Waals surface area contributed by atoms with Crippen LogP contribution in [0.3, 0.4) is 0 Å². The van der Waals surface area contributed by atoms with Crippen molar-refractivity contribution in [2.24, 2.45) is 0 Å². The predicted molar refractivity (Wildman–Crippen MR) is 57.0 cm³/mol. The van der Waals surface area contributed by atoms with Crippen molar-refractivity contribution in [1.82, 2.24) is 5.32 Å². The van der Waals surface area contributed by atoms with E-state index in [1.54, 1.807) is 0 Å². The number of aliphatic carboxylic acids is 1. The van der Waals surface area contributed by atoms with Gasteiger partial charge in [0.1, 0.15) is 18.1 Å². The Labute approximate surface area is 105 Å². The van der Waals surface area contributed by atoms with Gasteiger partial charge >= 0.3 is 12.1 Å². The van der Waals surface area contributed by atoms with E-state index in [0.717, 1.165) is 6.07 Å². The fourth-order valence-electron chi connectivity index (χ4n) is 1.90. The van der Waals surface area contributed by atoms with Crippen LogP contribution in [-0.4, -0.2) is 35.5 Å². The number of benzene rings is 1. The van der Waals surface area contributed by atoms with E-state index in [0.29, 0.717) is 0 Å². The van der Waals surface area contributed by atoms with Crippen molar-refractivity contribution in [2.45, 2.75) is 11.7 Å². The minimum absolute atomic E-state index is 0.0528. The molecular formula is C11H10F3NO4. The molecule has 2 rings (SSSR count). The molecule has 1 aromatic carbocycles. The van der Waals surface area contributed by atoms with Crippen molar-refractivity contribution in [2.75, 3.05) is 13.2 Å². The summed E-state index contributed by atoms with van der Waals surface area (Å²) in [4.78, 5) is 11.3. The summed E-state index contributed by atoms with van der Waals surface area (Å²) in [5.41, 5.74) is -1.90. The fourth-order valence-corrected chi connectivity index (χ4v) is 1.90. The molecule has 5 nitrogen and oxygen atoms in total. The molecule has 19 heavy (non-hydrogen) atoms. The van der Waals surface area contributed by atoms with E-state index in [9.17, 15) is 28.2 Å². The van der Waals surface area contributed by atoms with E-state index in [1.165, 1.54) is 12.1 Å². The third kappa shape index (κ3) is 2.43. The molecule has 3 N–H and O–H groups in total. The largest absolute Gasteiger partial charge is 0.508 e. The Balaban J connectivity index is 2.36. The van der Waals surface area contributed by atoms with Crippen LogP contribution in [0, 0.1) is 0 Å². The van der Waals surface area contributed by atoms with Gasteiger partial charge in [0.15, 0.2) is 5.54 Å². The van der Waals surface area contributed by atoms with Crippen LogP contribution in [0.1, 0.15) is 5.56 Å². The van der Waals surface area contributed by atoms with E-state index < -0.39 is 30.8 Å². The number of rotatable bonds is 3. The number of carboxylic acid groups (broad SMARTS) is 1. The molecule has 0 aliphatic carbocycles. The lowest BCUT2D eigenvalue weighted by molar-refractivity contribution is -0.151. The van der Waals surface area contributed by atoms with Gasteiger partial charge in [0.05, 0.1) is 6.54 Å². The van der Waals surface area contributed by atoms with Crippen LogP contribution in [0.4, 0.5) is 13.2 Å². The molecular weight excluding hydrogens is 267 g/mol. The Morgan fingerprint density at radius 1 is 1.47 bits per heavy atom. The van der Waals surface area contributed by atoms with Gasteiger partial charge in [0, 0.05) is 11.6 Å². The molecule has 104 valence electrons. The molecule has 1 atom stereocenters. The van der Waals surface area contributed by atoms with E-state index in [2.05, 4.69) is 0 Å². The summed E-state index contributed by atoms with van der Waals surface area (Å²) in [7, 11) is 0. The van der Waals surface area contributed by atoms with Crippen LogP contribution < -0.4 is 10.1 Å². The summed E-state index contributed by atoms with van der Waals surface area (Å²) in [5.74, 6) is -1.57. The highest BCUT2D eigenvalue weighted by molar-refractivity contribution is 5.83. The number of alkyl halides is 3. The van der Waals surface area contributed by atoms with Crippen molar-refractivity contribution in [3.8, 4) is 11.5 Å². The number of hydrogen-bond donors (Lipinski definition) is 3. The van der Waals surface area contributed by atoms with Crippen LogP contribution in [0.15, 0.2) is 18.2 Å². The van der Waals surface area contributed by atoms with Crippen molar-refractivity contribution in [1.29, 1.82) is 0 Å². The average molecular weight is 277 g/mol. The summed E-state index contributed by atoms with van der Waals surface area (Å²) in [6.45, 7) is -1.93. The Bertz CT molecular complexity index is 517. The smallest absolute Gasteiger partial charge is 0.401 e. The molecule has 1 aromatic rings. The zero-order chi connectivity index (χ0) is 14.3. The Hall–Kier alpha value is -1.96. The number of hydrogen-bond acceptors (Lipinski definition) is 4. The topological polar surface area (TPSA) is 78.8 Å². The number of carbonyl (C=O) groups is 1. The maximum atomic E-state index is 12.2. The normalized spacial score (nSPS) is 21.8. The second-order valence-corrected chi connectivity index (χ2v) is 4.15. The van der Waals surface area contributed by atoms with Gasteiger partial charge in [-0.15, -0.1) is 0 Å². The van der Waals surface area contributed by atoms with Crippen molar-refractivity contribution < 1.29 is 32.9 Å². The summed E-state index contributed by atoms with van der Waals surface area (Å²) in [6, 6.07) is 3.59. The van der Waals surface area contributed by atoms with Gasteiger partial charge < -0.3 is 14.9 Å². The van der Waals surface area contributed by atoms with Crippen molar-refractivity contribution >= 4 is 5.97 Å². The van der Waals surface area contributed by atoms with Crippen LogP contribution in [-0.2, 0) is 10.3 Å². The molecule has 0 saturated heterocycles. The predicted octanol–water partition coefficient (Wildman–Crippen LogP) is 1.22. The van der Waals surface area contributed by atoms with Gasteiger partial charge in [-0.1, -0.05) is 0 Å². The number of aromatic hydroxyl groups is 1. The maximum Gasteiger partial charge on any atom is 0.401 e. The number of ether oxygens (including phenoxy) is 1. The molecule has 0 radical (unpaired) electrons. The molecule has 1 heterocycles. The number of phenols is 1. The van der Waals surface area contributed by atoms with E-state index in [4.69, 9.17) is 4.74 Å². The van der Waals surface area contributed by atoms with Crippen LogP contribution in [0.25, 0.3) is 0 Å². The Morgan fingerprint density at radius 3 is 2.74 bits per heavy atom. The lowest BCUT2D eigenvalue weighted by atomic mass is 9.92. The van der Waals surface area contributed by atoms with Gasteiger partial charge in [-0.05, 0) is 12.1 Å². The van der Waals surface area contributed by atoms with Gasteiger partial charge in [0.25, 0.3) is 0 Å². The molecule has 1 aliphatic rings. The second kappa shape index (κ2) is 4.30. The molecule has 1 unspecified atom stereocenters. The highest BCUT2D eigenvalue weighted by atomic mass is 19.4. The van der Waals surface area contributed by atoms with E-state index in [-0.39, 0.29) is 17.1 Å². The van der Waals surface area contributed by atoms with Gasteiger partial charge in [-0.25, -0.2) is 4.79 Å². The first-order chi connectivity index (χ1) is 8.74. The minimum Gasteiger partial charge on any atom is -0.508 e. The summed E-state index contributed by atoms with van der Waals surface area (Å²) >= 11 is 0. The first-order valence-corrected chi connectivity index (χ1v) is 5.26. The molecule has 0 fully saturated rings. The lowest BCUT2D eigenvalue weighted by Gasteiger charge is -2.25. The zero-order valence-corrected chi connectivity index (χ0v) is 9.49. The minimum atomic E-state index is -4.54. The molecule has 8 heteroatoms. The first-order valence-electron chi connectivity index (χ1n) is 5.26. The Morgan fingerprint density at radius 2 is 2.16 bits per heavy atom. The molecule has 0 spiro atoms. The number of fused-ring (bicyclic) bond motifs is 1. The molecule has 1 aliphatic heterocycles. The van der Waals surface area contributed by atoms with Gasteiger partial charge in [0.2, 0.25) is 0 Å². The third-order valence-electron chi connectivity index (χ3n) is 2.82. The van der Waals surface area contributed by atoms with Crippen LogP contribution in [0.5, 0.6) is 11.5 Å². The van der Waals surface area contributed by atoms with Gasteiger partial charge in [-0.3, -0.25) is 5.32 Å². The number of phenolic OH excluding ortho intramolecular Hbond substituents is 1. The van der Waals surface area contributed by atoms with Crippen molar-refractivity contribution in [3.63, 3.8) is 0 Å². The van der Waals surface area contributed by atoms with Crippen LogP contribution in [0.2, 0.25) is 0 Å². The Kier molecular flexibility index (Phi) is 3.05. The first kappa shape index (κ1) is 13.5. The highest BCUT2D eigenvalue weighted by Gasteiger charge is 2.49. The number of halogens is 3. The van der Waals surface area contributed by atoms with Crippen molar-refractivity contribution in [3.05, 3.63) is 23.8 Å². The highest BCUT2D eigenvalue weighted by Crippen LogP contribution is 2.39.